The van der Waals surface area contributed by atoms with Crippen molar-refractivity contribution in [1.82, 2.24) is 42.2 Å². The van der Waals surface area contributed by atoms with Gasteiger partial charge in [0.25, 0.3) is 0 Å². The number of amides is 12. The first-order valence-corrected chi connectivity index (χ1v) is 28.5. The van der Waals surface area contributed by atoms with Crippen molar-refractivity contribution in [2.45, 2.75) is 106 Å². The van der Waals surface area contributed by atoms with Crippen molar-refractivity contribution in [1.29, 1.82) is 0 Å². The van der Waals surface area contributed by atoms with Crippen LogP contribution in [0.1, 0.15) is 48.4 Å². The summed E-state index contributed by atoms with van der Waals surface area (Å²) >= 11 is 14.6. The summed E-state index contributed by atoms with van der Waals surface area (Å²) < 4.78 is 0. The number of hydrogen-bond donors (Lipinski definition) is 18. The number of aromatic nitrogens is 1. The number of halogens is 1. The number of hydrogen-bond acceptors (Lipinski definition) is 15. The Balaban J connectivity index is 1.39. The first-order valence-electron chi connectivity index (χ1n) is 26.9. The average molecular weight is 1230 g/mol. The number of benzene rings is 4. The van der Waals surface area contributed by atoms with Gasteiger partial charge in [-0.2, -0.15) is 25.3 Å². The molecule has 456 valence electrons. The molecule has 21 N–H and O–H groups in total. The lowest BCUT2D eigenvalue weighted by Crippen LogP contribution is -2.62. The molecule has 12 amide bonds. The average Bonchev–Trinajstić information content (AvgIpc) is 4.14. The molecule has 0 aliphatic carbocycles. The van der Waals surface area contributed by atoms with Gasteiger partial charge in [-0.15, -0.1) is 0 Å². The number of aliphatic hydroxyl groups is 1. The van der Waals surface area contributed by atoms with E-state index in [4.69, 9.17) is 40.3 Å². The minimum atomic E-state index is -1.74. The molecule has 0 radical (unpaired) electrons. The van der Waals surface area contributed by atoms with Crippen LogP contribution in [-0.2, 0) is 64.0 Å². The van der Waals surface area contributed by atoms with E-state index in [2.05, 4.69) is 78.1 Å². The third-order valence-electron chi connectivity index (χ3n) is 13.3. The van der Waals surface area contributed by atoms with Gasteiger partial charge in [0.1, 0.15) is 42.3 Å². The van der Waals surface area contributed by atoms with E-state index in [0.717, 1.165) is 0 Å². The predicted molar refractivity (Wildman–Crippen MR) is 327 cm³/mol. The highest BCUT2D eigenvalue weighted by molar-refractivity contribution is 7.80. The molecule has 5 rings (SSSR count). The number of primary amides is 3. The highest BCUT2D eigenvalue weighted by Gasteiger charge is 2.36. The van der Waals surface area contributed by atoms with E-state index in [1.165, 1.54) is 31.2 Å². The number of anilines is 2. The molecule has 0 bridgehead atoms. The zero-order chi connectivity index (χ0) is 62.3. The zero-order valence-electron chi connectivity index (χ0n) is 46.3. The summed E-state index contributed by atoms with van der Waals surface area (Å²) in [5.74, 6) is -7.66. The molecule has 0 aliphatic heterocycles. The van der Waals surface area contributed by atoms with Crippen LogP contribution in [0.15, 0.2) is 103 Å². The second-order valence-corrected chi connectivity index (χ2v) is 21.1. The first kappa shape index (κ1) is 67.4. The molecule has 5 aromatic rings. The number of rotatable bonds is 32. The van der Waals surface area contributed by atoms with Crippen LogP contribution >= 0.6 is 36.9 Å². The number of aliphatic hydroxyl groups excluding tert-OH is 1. The zero-order valence-corrected chi connectivity index (χ0v) is 48.8. The molecule has 4 aromatic carbocycles. The molecule has 0 aliphatic rings. The molecular weight excluding hydrogens is 1160 g/mol. The maximum atomic E-state index is 14.8. The number of carbonyl (C=O) groups excluding carboxylic acids is 10. The molecule has 0 saturated heterocycles. The van der Waals surface area contributed by atoms with Gasteiger partial charge >= 0.3 is 12.1 Å². The number of aromatic amines is 1. The Kier molecular flexibility index (Phi) is 26.3. The van der Waals surface area contributed by atoms with Gasteiger partial charge in [-0.25, -0.2) is 9.59 Å². The highest BCUT2D eigenvalue weighted by atomic mass is 35.5. The fourth-order valence-corrected chi connectivity index (χ4v) is 9.41. The lowest BCUT2D eigenvalue weighted by atomic mass is 10.0. The van der Waals surface area contributed by atoms with E-state index in [1.54, 1.807) is 79.0 Å². The van der Waals surface area contributed by atoms with Crippen LogP contribution in [0.25, 0.3) is 10.9 Å². The van der Waals surface area contributed by atoms with Gasteiger partial charge in [0.05, 0.1) is 12.1 Å². The largest absolute Gasteiger partial charge is 0.391 e. The van der Waals surface area contributed by atoms with E-state index in [1.807, 2.05) is 0 Å². The van der Waals surface area contributed by atoms with Crippen molar-refractivity contribution in [2.24, 2.45) is 28.7 Å². The maximum absolute atomic E-state index is 14.8. The quantitative estimate of drug-likeness (QED) is 0.0194. The molecule has 1 aromatic heterocycles. The van der Waals surface area contributed by atoms with Gasteiger partial charge in [-0.1, -0.05) is 66.2 Å². The Bertz CT molecular complexity index is 3140. The van der Waals surface area contributed by atoms with Crippen molar-refractivity contribution in [3.63, 3.8) is 0 Å². The standard InChI is InChI=1S/C56H72ClN15O11S2/c1-29(73)46(54(81)71-45(28-85)52(79)67-41(47(60)74)23-31-11-17-35(18-12-31)64-55(61)82)72-49(76)40(8-4-5-21-58)66-51(78)43(25-33-26-63-39-7-3-2-6-37(33)39)69-50(77)42(24-32-13-19-36(20-14-32)65-56(62)83)68-53(80)44(27-84)70-48(75)38(59)22-30-9-15-34(57)16-10-30/h2-3,6-7,9-20,26,29,38,40-46,63,73,84-85H,4-5,8,21-25,27-28,58-59H2,1H3,(H2,60,74)(H,66,78)(H,67,79)(H,68,80)(H,69,77)(H,70,75)(H,71,81)(H,72,76)(H3,61,64,82)(H3,62,65,83)/t29-,38+,40+,41+,42+,43-,44-,45+,46+/m1/s1. The van der Waals surface area contributed by atoms with Crippen molar-refractivity contribution >= 4 is 118 Å². The summed E-state index contributed by atoms with van der Waals surface area (Å²) in [6.45, 7) is 1.41. The number of carbonyl (C=O) groups is 10. The van der Waals surface area contributed by atoms with E-state index in [9.17, 15) is 53.1 Å². The van der Waals surface area contributed by atoms with Gasteiger partial charge in [0.2, 0.25) is 47.3 Å². The summed E-state index contributed by atoms with van der Waals surface area (Å²) in [6.07, 6.45) is 0.262. The Morgan fingerprint density at radius 1 is 0.529 bits per heavy atom. The fourth-order valence-electron chi connectivity index (χ4n) is 8.77. The first-order chi connectivity index (χ1) is 40.5. The van der Waals surface area contributed by atoms with E-state index in [-0.39, 0.29) is 56.6 Å². The monoisotopic (exact) mass is 1230 g/mol. The summed E-state index contributed by atoms with van der Waals surface area (Å²) in [7, 11) is 0. The van der Waals surface area contributed by atoms with Gasteiger partial charge in [-0.05, 0) is 104 Å². The molecule has 0 spiro atoms. The molecule has 0 unspecified atom stereocenters. The van der Waals surface area contributed by atoms with Gasteiger partial charge in [-0.3, -0.25) is 38.4 Å². The SMILES string of the molecule is C[C@@H](O)[C@H](NC(=O)[C@H](CCCCN)NC(=O)[C@@H](Cc1c[nH]c2ccccc12)NC(=O)[C@H](Cc1ccc(NC(N)=O)cc1)NC(=O)[C@@H](CS)NC(=O)[C@@H](N)Cc1ccc(Cl)cc1)C(=O)N[C@@H](CS)C(=O)N[C@@H](Cc1ccc(NC(N)=O)cc1)C(N)=O. The van der Waals surface area contributed by atoms with Gasteiger partial charge in [0, 0.05) is 64.3 Å². The molecule has 85 heavy (non-hydrogen) atoms. The van der Waals surface area contributed by atoms with Crippen molar-refractivity contribution in [2.75, 3.05) is 28.7 Å². The minimum Gasteiger partial charge on any atom is -0.391 e. The molecule has 1 heterocycles. The van der Waals surface area contributed by atoms with Crippen molar-refractivity contribution < 1.29 is 53.1 Å². The van der Waals surface area contributed by atoms with Crippen LogP contribution in [0.2, 0.25) is 5.02 Å². The molecular formula is C56H72ClN15O11S2. The van der Waals surface area contributed by atoms with Crippen LogP contribution in [0.3, 0.4) is 0 Å². The van der Waals surface area contributed by atoms with Crippen LogP contribution in [0.4, 0.5) is 21.0 Å². The smallest absolute Gasteiger partial charge is 0.316 e. The second-order valence-electron chi connectivity index (χ2n) is 19.9. The molecule has 29 heteroatoms. The summed E-state index contributed by atoms with van der Waals surface area (Å²) in [5.41, 5.74) is 31.8. The lowest BCUT2D eigenvalue weighted by molar-refractivity contribution is -0.136. The summed E-state index contributed by atoms with van der Waals surface area (Å²) in [5, 5.41) is 35.1. The summed E-state index contributed by atoms with van der Waals surface area (Å²) in [4.78, 5) is 137. The summed E-state index contributed by atoms with van der Waals surface area (Å²) in [6, 6.07) is 13.3. The van der Waals surface area contributed by atoms with E-state index >= 15 is 0 Å². The normalized spacial score (nSPS) is 14.2. The van der Waals surface area contributed by atoms with E-state index < -0.39 is 114 Å². The van der Waals surface area contributed by atoms with Crippen LogP contribution in [0.5, 0.6) is 0 Å². The molecule has 26 nitrogen and oxygen atoms in total. The third-order valence-corrected chi connectivity index (χ3v) is 14.3. The maximum Gasteiger partial charge on any atom is 0.316 e. The number of para-hydroxylation sites is 1. The number of nitrogens with two attached hydrogens (primary N) is 5. The minimum absolute atomic E-state index is 0.0588. The molecule has 9 atom stereocenters. The molecule has 0 saturated carbocycles. The van der Waals surface area contributed by atoms with Crippen molar-refractivity contribution in [3.8, 4) is 0 Å². The highest BCUT2D eigenvalue weighted by Crippen LogP contribution is 2.21. The lowest BCUT2D eigenvalue weighted by Gasteiger charge is -2.28. The number of urea groups is 2. The van der Waals surface area contributed by atoms with Crippen LogP contribution in [-0.4, -0.2) is 142 Å². The number of thiol groups is 2. The predicted octanol–water partition coefficient (Wildman–Crippen LogP) is -0.351. The second kappa shape index (κ2) is 33.2. The third kappa shape index (κ3) is 21.3. The Morgan fingerprint density at radius 2 is 0.965 bits per heavy atom. The number of nitrogens with one attached hydrogen (secondary N) is 10. The van der Waals surface area contributed by atoms with E-state index in [0.29, 0.717) is 56.0 Å². The Hall–Kier alpha value is -8.41. The Morgan fingerprint density at radius 3 is 1.47 bits per heavy atom. The van der Waals surface area contributed by atoms with Crippen LogP contribution < -0.4 is 76.5 Å². The number of fused-ring (bicyclic) bond motifs is 1. The Labute approximate surface area is 505 Å². The van der Waals surface area contributed by atoms with Crippen molar-refractivity contribution in [3.05, 3.63) is 131 Å². The molecule has 0 fully saturated rings. The van der Waals surface area contributed by atoms with Gasteiger partial charge in [0.15, 0.2) is 0 Å². The topological polar surface area (TPSA) is 445 Å². The number of unbranched alkanes of at least 4 members (excludes halogenated alkanes) is 1. The number of H-pyrrole nitrogens is 1. The van der Waals surface area contributed by atoms with Crippen LogP contribution in [0, 0.1) is 0 Å². The fraction of sp³-hybridized carbons (Fsp3) is 0.357. The van der Waals surface area contributed by atoms with Gasteiger partial charge < -0.3 is 86.6 Å².